The molecule has 0 fully saturated rings. The summed E-state index contributed by atoms with van der Waals surface area (Å²) in [6.45, 7) is 5.79. The smallest absolute Gasteiger partial charge is 0.178 e. The number of aromatic amines is 1. The minimum atomic E-state index is 0.733. The molecule has 0 bridgehead atoms. The highest BCUT2D eigenvalue weighted by molar-refractivity contribution is 7.71. The Bertz CT molecular complexity index is 541. The molecule has 3 nitrogen and oxygen atoms in total. The summed E-state index contributed by atoms with van der Waals surface area (Å²) in [5, 5.41) is 0. The minimum Gasteiger partial charge on any atom is -0.491 e. The number of nitrogens with one attached hydrogen (secondary N) is 1. The third-order valence-electron chi connectivity index (χ3n) is 2.55. The third-order valence-corrected chi connectivity index (χ3v) is 2.87. The lowest BCUT2D eigenvalue weighted by molar-refractivity contribution is 0.320. The molecule has 2 aromatic rings. The van der Waals surface area contributed by atoms with Crippen molar-refractivity contribution in [3.05, 3.63) is 23.0 Å². The van der Waals surface area contributed by atoms with Gasteiger partial charge < -0.3 is 14.3 Å². The Kier molecular flexibility index (Phi) is 3.29. The quantitative estimate of drug-likeness (QED) is 0.823. The maximum atomic E-state index is 5.69. The van der Waals surface area contributed by atoms with Crippen LogP contribution in [0.25, 0.3) is 11.0 Å². The molecule has 0 spiro atoms. The van der Waals surface area contributed by atoms with Crippen LogP contribution in [0.15, 0.2) is 18.2 Å². The van der Waals surface area contributed by atoms with Crippen molar-refractivity contribution in [2.75, 3.05) is 6.61 Å². The Morgan fingerprint density at radius 1 is 1.38 bits per heavy atom. The molecule has 0 aliphatic heterocycles. The predicted molar refractivity (Wildman–Crippen MR) is 68.6 cm³/mol. The first-order valence-electron chi connectivity index (χ1n) is 5.62. The van der Waals surface area contributed by atoms with Gasteiger partial charge in [-0.2, -0.15) is 0 Å². The number of imidazole rings is 1. The van der Waals surface area contributed by atoms with Crippen molar-refractivity contribution >= 4 is 23.3 Å². The zero-order chi connectivity index (χ0) is 11.5. The number of ether oxygens (including phenoxy) is 1. The number of H-pyrrole nitrogens is 1. The molecule has 0 radical (unpaired) electrons. The number of para-hydroxylation sites is 1. The van der Waals surface area contributed by atoms with E-state index in [1.165, 1.54) is 0 Å². The zero-order valence-electron chi connectivity index (χ0n) is 9.62. The Hall–Kier alpha value is -1.29. The first kappa shape index (κ1) is 11.2. The minimum absolute atomic E-state index is 0.733. The van der Waals surface area contributed by atoms with Crippen molar-refractivity contribution in [2.24, 2.45) is 0 Å². The summed E-state index contributed by atoms with van der Waals surface area (Å²) in [5.41, 5.74) is 2.11. The van der Waals surface area contributed by atoms with Crippen molar-refractivity contribution in [2.45, 2.75) is 26.8 Å². The van der Waals surface area contributed by atoms with E-state index in [1.54, 1.807) is 0 Å². The van der Waals surface area contributed by atoms with Crippen LogP contribution in [0.1, 0.15) is 20.3 Å². The number of hydrogen-bond donors (Lipinski definition) is 1. The second-order valence-electron chi connectivity index (χ2n) is 3.67. The molecule has 0 saturated carbocycles. The monoisotopic (exact) mass is 236 g/mol. The van der Waals surface area contributed by atoms with Crippen LogP contribution in [-0.2, 0) is 6.54 Å². The average molecular weight is 236 g/mol. The number of benzene rings is 1. The molecule has 1 heterocycles. The Labute approximate surface area is 100 Å². The predicted octanol–water partition coefficient (Wildman–Crippen LogP) is 3.51. The summed E-state index contributed by atoms with van der Waals surface area (Å²) in [6.07, 6.45) is 1.01. The summed E-state index contributed by atoms with van der Waals surface area (Å²) in [5.74, 6) is 0.887. The van der Waals surface area contributed by atoms with Gasteiger partial charge in [-0.1, -0.05) is 13.0 Å². The van der Waals surface area contributed by atoms with Crippen LogP contribution in [0.2, 0.25) is 0 Å². The third kappa shape index (κ3) is 1.85. The first-order chi connectivity index (χ1) is 7.77. The van der Waals surface area contributed by atoms with E-state index >= 15 is 0 Å². The molecular weight excluding hydrogens is 220 g/mol. The number of rotatable bonds is 4. The second kappa shape index (κ2) is 4.70. The highest BCUT2D eigenvalue weighted by Gasteiger charge is 2.07. The van der Waals surface area contributed by atoms with Crippen molar-refractivity contribution in [1.29, 1.82) is 0 Å². The van der Waals surface area contributed by atoms with Gasteiger partial charge in [0.05, 0.1) is 12.1 Å². The van der Waals surface area contributed by atoms with Crippen LogP contribution in [0, 0.1) is 4.77 Å². The van der Waals surface area contributed by atoms with E-state index in [2.05, 4.69) is 29.5 Å². The summed E-state index contributed by atoms with van der Waals surface area (Å²) in [6, 6.07) is 6.04. The van der Waals surface area contributed by atoms with Crippen molar-refractivity contribution < 1.29 is 4.74 Å². The maximum Gasteiger partial charge on any atom is 0.178 e. The largest absolute Gasteiger partial charge is 0.491 e. The molecule has 0 amide bonds. The number of aryl methyl sites for hydroxylation is 1. The molecule has 86 valence electrons. The molecule has 16 heavy (non-hydrogen) atoms. The Morgan fingerprint density at radius 2 is 2.19 bits per heavy atom. The van der Waals surface area contributed by atoms with Gasteiger partial charge in [-0.05, 0) is 37.7 Å². The van der Waals surface area contributed by atoms with Gasteiger partial charge in [0.2, 0.25) is 0 Å². The molecule has 1 aromatic heterocycles. The van der Waals surface area contributed by atoms with Crippen molar-refractivity contribution in [1.82, 2.24) is 9.55 Å². The average Bonchev–Trinajstić information content (AvgIpc) is 2.62. The summed E-state index contributed by atoms with van der Waals surface area (Å²) in [4.78, 5) is 3.21. The van der Waals surface area contributed by atoms with Crippen LogP contribution in [0.4, 0.5) is 0 Å². The zero-order valence-corrected chi connectivity index (χ0v) is 10.4. The topological polar surface area (TPSA) is 29.9 Å². The van der Waals surface area contributed by atoms with Crippen LogP contribution in [-0.4, -0.2) is 16.2 Å². The molecule has 0 aliphatic rings. The molecule has 0 atom stereocenters. The van der Waals surface area contributed by atoms with Gasteiger partial charge in [0, 0.05) is 6.54 Å². The molecule has 2 rings (SSSR count). The molecule has 1 N–H and O–H groups in total. The van der Waals surface area contributed by atoms with Gasteiger partial charge in [0.15, 0.2) is 4.77 Å². The molecule has 1 aromatic carbocycles. The SMILES string of the molecule is CCCOc1cccc2c1[nH]c(=S)n2CC. The van der Waals surface area contributed by atoms with E-state index in [-0.39, 0.29) is 0 Å². The van der Waals surface area contributed by atoms with Gasteiger partial charge in [-0.15, -0.1) is 0 Å². The fourth-order valence-corrected chi connectivity index (χ4v) is 2.13. The number of aromatic nitrogens is 2. The lowest BCUT2D eigenvalue weighted by Crippen LogP contribution is -1.96. The Morgan fingerprint density at radius 3 is 2.88 bits per heavy atom. The normalized spacial score (nSPS) is 10.9. The van der Waals surface area contributed by atoms with Crippen LogP contribution in [0.5, 0.6) is 5.75 Å². The highest BCUT2D eigenvalue weighted by atomic mass is 32.1. The van der Waals surface area contributed by atoms with Gasteiger partial charge in [-0.3, -0.25) is 0 Å². The lowest BCUT2D eigenvalue weighted by Gasteiger charge is -2.05. The molecule has 0 saturated heterocycles. The maximum absolute atomic E-state index is 5.69. The fourth-order valence-electron chi connectivity index (χ4n) is 1.80. The van der Waals surface area contributed by atoms with E-state index in [1.807, 2.05) is 12.1 Å². The fraction of sp³-hybridized carbons (Fsp3) is 0.417. The molecule has 0 unspecified atom stereocenters. The highest BCUT2D eigenvalue weighted by Crippen LogP contribution is 2.24. The van der Waals surface area contributed by atoms with Crippen LogP contribution < -0.4 is 4.74 Å². The number of fused-ring (bicyclic) bond motifs is 1. The van der Waals surface area contributed by atoms with Crippen LogP contribution in [0.3, 0.4) is 0 Å². The second-order valence-corrected chi connectivity index (χ2v) is 4.06. The molecule has 0 aliphatic carbocycles. The summed E-state index contributed by atoms with van der Waals surface area (Å²) < 4.78 is 8.52. The summed E-state index contributed by atoms with van der Waals surface area (Å²) in [7, 11) is 0. The van der Waals surface area contributed by atoms with E-state index in [4.69, 9.17) is 17.0 Å². The molecule has 4 heteroatoms. The first-order valence-corrected chi connectivity index (χ1v) is 6.03. The van der Waals surface area contributed by atoms with E-state index < -0.39 is 0 Å². The lowest BCUT2D eigenvalue weighted by atomic mass is 10.3. The number of hydrogen-bond acceptors (Lipinski definition) is 2. The van der Waals surface area contributed by atoms with Gasteiger partial charge in [0.1, 0.15) is 11.3 Å². The van der Waals surface area contributed by atoms with Gasteiger partial charge in [0.25, 0.3) is 0 Å². The standard InChI is InChI=1S/C12H16N2OS/c1-3-8-15-10-7-5-6-9-11(10)13-12(16)14(9)4-2/h5-7H,3-4,8H2,1-2H3,(H,13,16). The van der Waals surface area contributed by atoms with E-state index in [0.29, 0.717) is 0 Å². The van der Waals surface area contributed by atoms with Crippen LogP contribution >= 0.6 is 12.2 Å². The molecular formula is C12H16N2OS. The number of nitrogens with zero attached hydrogens (tertiary/aromatic N) is 1. The van der Waals surface area contributed by atoms with E-state index in [9.17, 15) is 0 Å². The Balaban J connectivity index is 2.56. The van der Waals surface area contributed by atoms with E-state index in [0.717, 1.165) is 41.1 Å². The van der Waals surface area contributed by atoms with Gasteiger partial charge >= 0.3 is 0 Å². The van der Waals surface area contributed by atoms with Crippen molar-refractivity contribution in [3.8, 4) is 5.75 Å². The van der Waals surface area contributed by atoms with Crippen molar-refractivity contribution in [3.63, 3.8) is 0 Å². The summed E-state index contributed by atoms with van der Waals surface area (Å²) >= 11 is 5.28. The van der Waals surface area contributed by atoms with Gasteiger partial charge in [-0.25, -0.2) is 0 Å².